The molecule has 0 saturated heterocycles. The molecule has 0 aliphatic carbocycles. The van der Waals surface area contributed by atoms with Crippen molar-refractivity contribution in [2.45, 2.75) is 6.92 Å². The maximum Gasteiger partial charge on any atom is 0.215 e. The molecule has 12 heavy (non-hydrogen) atoms. The number of aromatic nitrogens is 1. The number of allylic oxidation sites excluding steroid dienone is 1. The predicted molar refractivity (Wildman–Crippen MR) is 49.9 cm³/mol. The molecule has 1 aromatic heterocycles. The second kappa shape index (κ2) is 3.26. The highest BCUT2D eigenvalue weighted by atomic mass is 16.5. The standard InChI is InChI=1S/C9H12N2O/c1-6(2)8-4-7(10)5-9(11-8)12-3/h4-5H,1H2,2-3H3,(H2,10,11). The van der Waals surface area contributed by atoms with Gasteiger partial charge in [0, 0.05) is 11.8 Å². The van der Waals surface area contributed by atoms with Gasteiger partial charge < -0.3 is 10.5 Å². The Morgan fingerprint density at radius 2 is 2.25 bits per heavy atom. The molecule has 0 aliphatic rings. The molecule has 64 valence electrons. The number of hydrogen-bond acceptors (Lipinski definition) is 3. The number of hydrogen-bond donors (Lipinski definition) is 1. The van der Waals surface area contributed by atoms with Crippen LogP contribution in [0, 0.1) is 0 Å². The molecule has 0 aliphatic heterocycles. The molecule has 0 bridgehead atoms. The molecule has 0 aromatic carbocycles. The quantitative estimate of drug-likeness (QED) is 0.723. The van der Waals surface area contributed by atoms with Gasteiger partial charge in [-0.25, -0.2) is 4.98 Å². The third kappa shape index (κ3) is 1.75. The first-order valence-electron chi connectivity index (χ1n) is 3.61. The van der Waals surface area contributed by atoms with E-state index in [-0.39, 0.29) is 0 Å². The summed E-state index contributed by atoms with van der Waals surface area (Å²) in [7, 11) is 1.56. The summed E-state index contributed by atoms with van der Waals surface area (Å²) in [5.74, 6) is 0.521. The molecule has 0 amide bonds. The number of nitrogen functional groups attached to an aromatic ring is 1. The van der Waals surface area contributed by atoms with Crippen LogP contribution in [0.15, 0.2) is 18.7 Å². The topological polar surface area (TPSA) is 48.1 Å². The predicted octanol–water partition coefficient (Wildman–Crippen LogP) is 1.71. The SMILES string of the molecule is C=C(C)c1cc(N)cc(OC)n1. The van der Waals surface area contributed by atoms with E-state index in [2.05, 4.69) is 11.6 Å². The zero-order valence-corrected chi connectivity index (χ0v) is 7.29. The maximum atomic E-state index is 5.61. The van der Waals surface area contributed by atoms with E-state index >= 15 is 0 Å². The van der Waals surface area contributed by atoms with Crippen LogP contribution in [0.2, 0.25) is 0 Å². The summed E-state index contributed by atoms with van der Waals surface area (Å²) in [5, 5.41) is 0. The van der Waals surface area contributed by atoms with E-state index in [9.17, 15) is 0 Å². The van der Waals surface area contributed by atoms with Gasteiger partial charge in [-0.05, 0) is 18.6 Å². The summed E-state index contributed by atoms with van der Waals surface area (Å²) in [6.45, 7) is 5.64. The number of anilines is 1. The monoisotopic (exact) mass is 164 g/mol. The molecule has 3 nitrogen and oxygen atoms in total. The molecule has 0 unspecified atom stereocenters. The van der Waals surface area contributed by atoms with Crippen LogP contribution in [0.1, 0.15) is 12.6 Å². The molecular formula is C9H12N2O. The molecule has 1 aromatic rings. The van der Waals surface area contributed by atoms with Crippen LogP contribution >= 0.6 is 0 Å². The lowest BCUT2D eigenvalue weighted by Crippen LogP contribution is -1.95. The zero-order valence-electron chi connectivity index (χ0n) is 7.29. The van der Waals surface area contributed by atoms with Gasteiger partial charge in [0.15, 0.2) is 0 Å². The van der Waals surface area contributed by atoms with Gasteiger partial charge in [-0.3, -0.25) is 0 Å². The van der Waals surface area contributed by atoms with Gasteiger partial charge in [0.05, 0.1) is 12.8 Å². The Labute approximate surface area is 71.9 Å². The van der Waals surface area contributed by atoms with Gasteiger partial charge in [-0.1, -0.05) is 6.58 Å². The van der Waals surface area contributed by atoms with Gasteiger partial charge in [-0.2, -0.15) is 0 Å². The Kier molecular flexibility index (Phi) is 2.33. The number of pyridine rings is 1. The fourth-order valence-corrected chi connectivity index (χ4v) is 0.849. The molecule has 1 rings (SSSR count). The van der Waals surface area contributed by atoms with Gasteiger partial charge >= 0.3 is 0 Å². The first-order valence-corrected chi connectivity index (χ1v) is 3.61. The van der Waals surface area contributed by atoms with Crippen LogP contribution in [0.5, 0.6) is 5.88 Å². The molecule has 0 fully saturated rings. The van der Waals surface area contributed by atoms with Gasteiger partial charge in [0.25, 0.3) is 0 Å². The Bertz CT molecular complexity index is 307. The van der Waals surface area contributed by atoms with Gasteiger partial charge in [-0.15, -0.1) is 0 Å². The van der Waals surface area contributed by atoms with Crippen molar-refractivity contribution in [1.29, 1.82) is 0 Å². The largest absolute Gasteiger partial charge is 0.481 e. The lowest BCUT2D eigenvalue weighted by atomic mass is 10.2. The fourth-order valence-electron chi connectivity index (χ4n) is 0.849. The van der Waals surface area contributed by atoms with Crippen LogP contribution in [0.4, 0.5) is 5.69 Å². The van der Waals surface area contributed by atoms with E-state index in [0.717, 1.165) is 11.3 Å². The molecule has 0 radical (unpaired) electrons. The van der Waals surface area contributed by atoms with Gasteiger partial charge in [0.1, 0.15) is 0 Å². The van der Waals surface area contributed by atoms with Crippen molar-refractivity contribution in [3.8, 4) is 5.88 Å². The Balaban J connectivity index is 3.15. The Hall–Kier alpha value is -1.51. The minimum absolute atomic E-state index is 0.521. The zero-order chi connectivity index (χ0) is 9.14. The highest BCUT2D eigenvalue weighted by Crippen LogP contribution is 2.18. The van der Waals surface area contributed by atoms with E-state index in [1.807, 2.05) is 6.92 Å². The first kappa shape index (κ1) is 8.59. The van der Waals surface area contributed by atoms with E-state index in [4.69, 9.17) is 10.5 Å². The number of methoxy groups -OCH3 is 1. The van der Waals surface area contributed by atoms with Crippen molar-refractivity contribution in [1.82, 2.24) is 4.98 Å². The summed E-state index contributed by atoms with van der Waals surface area (Å²) < 4.78 is 4.95. The van der Waals surface area contributed by atoms with Crippen LogP contribution in [-0.4, -0.2) is 12.1 Å². The minimum atomic E-state index is 0.521. The van der Waals surface area contributed by atoms with Crippen molar-refractivity contribution >= 4 is 11.3 Å². The number of rotatable bonds is 2. The average Bonchev–Trinajstić information content (AvgIpc) is 2.03. The van der Waals surface area contributed by atoms with Gasteiger partial charge in [0.2, 0.25) is 5.88 Å². The summed E-state index contributed by atoms with van der Waals surface area (Å²) in [6, 6.07) is 3.44. The lowest BCUT2D eigenvalue weighted by molar-refractivity contribution is 0.398. The minimum Gasteiger partial charge on any atom is -0.481 e. The second-order valence-corrected chi connectivity index (χ2v) is 2.61. The molecule has 3 heteroatoms. The number of nitrogens with two attached hydrogens (primary N) is 1. The highest BCUT2D eigenvalue weighted by molar-refractivity contribution is 5.62. The fraction of sp³-hybridized carbons (Fsp3) is 0.222. The number of ether oxygens (including phenoxy) is 1. The molecule has 2 N–H and O–H groups in total. The van der Waals surface area contributed by atoms with Crippen molar-refractivity contribution in [2.24, 2.45) is 0 Å². The van der Waals surface area contributed by atoms with E-state index in [0.29, 0.717) is 11.6 Å². The number of nitrogens with zero attached hydrogens (tertiary/aromatic N) is 1. The average molecular weight is 164 g/mol. The Morgan fingerprint density at radius 3 is 2.75 bits per heavy atom. The molecular weight excluding hydrogens is 152 g/mol. The van der Waals surface area contributed by atoms with Crippen LogP contribution in [0.3, 0.4) is 0 Å². The van der Waals surface area contributed by atoms with Crippen molar-refractivity contribution in [3.05, 3.63) is 24.4 Å². The summed E-state index contributed by atoms with van der Waals surface area (Å²) in [5.41, 5.74) is 7.90. The Morgan fingerprint density at radius 1 is 1.58 bits per heavy atom. The summed E-state index contributed by atoms with van der Waals surface area (Å²) in [4.78, 5) is 4.15. The molecule has 0 atom stereocenters. The normalized spacial score (nSPS) is 9.50. The van der Waals surface area contributed by atoms with Crippen molar-refractivity contribution in [2.75, 3.05) is 12.8 Å². The third-order valence-electron chi connectivity index (χ3n) is 1.47. The second-order valence-electron chi connectivity index (χ2n) is 2.61. The van der Waals surface area contributed by atoms with Crippen LogP contribution < -0.4 is 10.5 Å². The van der Waals surface area contributed by atoms with Crippen LogP contribution in [0.25, 0.3) is 5.57 Å². The van der Waals surface area contributed by atoms with Crippen LogP contribution in [-0.2, 0) is 0 Å². The molecule has 1 heterocycles. The van der Waals surface area contributed by atoms with E-state index in [1.54, 1.807) is 19.2 Å². The first-order chi connectivity index (χ1) is 5.63. The van der Waals surface area contributed by atoms with Crippen molar-refractivity contribution < 1.29 is 4.74 Å². The molecule has 0 saturated carbocycles. The molecule has 0 spiro atoms. The highest BCUT2D eigenvalue weighted by Gasteiger charge is 2.00. The van der Waals surface area contributed by atoms with Crippen molar-refractivity contribution in [3.63, 3.8) is 0 Å². The van der Waals surface area contributed by atoms with E-state index in [1.165, 1.54) is 0 Å². The van der Waals surface area contributed by atoms with E-state index < -0.39 is 0 Å². The third-order valence-corrected chi connectivity index (χ3v) is 1.47. The summed E-state index contributed by atoms with van der Waals surface area (Å²) >= 11 is 0. The summed E-state index contributed by atoms with van der Waals surface area (Å²) in [6.07, 6.45) is 0. The lowest BCUT2D eigenvalue weighted by Gasteiger charge is -2.04. The smallest absolute Gasteiger partial charge is 0.215 e. The maximum absolute atomic E-state index is 5.61.